The van der Waals surface area contributed by atoms with Gasteiger partial charge in [-0.3, -0.25) is 9.69 Å². The predicted molar refractivity (Wildman–Crippen MR) is 78.4 cm³/mol. The Bertz CT molecular complexity index is 536. The number of terminal acetylenes is 1. The Morgan fingerprint density at radius 2 is 2.19 bits per heavy atom. The molecule has 0 saturated carbocycles. The second-order valence-corrected chi connectivity index (χ2v) is 4.79. The Kier molecular flexibility index (Phi) is 5.22. The van der Waals surface area contributed by atoms with Crippen molar-refractivity contribution >= 4 is 12.0 Å². The van der Waals surface area contributed by atoms with Crippen molar-refractivity contribution in [3.05, 3.63) is 35.9 Å². The van der Waals surface area contributed by atoms with Crippen LogP contribution in [0.25, 0.3) is 0 Å². The van der Waals surface area contributed by atoms with Gasteiger partial charge in [-0.25, -0.2) is 4.79 Å². The van der Waals surface area contributed by atoms with Gasteiger partial charge in [-0.1, -0.05) is 36.3 Å². The number of rotatable bonds is 5. The van der Waals surface area contributed by atoms with Gasteiger partial charge in [0.05, 0.1) is 13.2 Å². The average molecular weight is 286 g/mol. The van der Waals surface area contributed by atoms with Crippen molar-refractivity contribution in [2.24, 2.45) is 0 Å². The van der Waals surface area contributed by atoms with Crippen LogP contribution in [0.15, 0.2) is 30.3 Å². The normalized spacial score (nSPS) is 15.8. The minimum Gasteiger partial charge on any atom is -0.449 e. The number of amides is 2. The van der Waals surface area contributed by atoms with Crippen molar-refractivity contribution in [3.63, 3.8) is 0 Å². The van der Waals surface area contributed by atoms with Gasteiger partial charge in [-0.15, -0.1) is 6.42 Å². The van der Waals surface area contributed by atoms with Crippen LogP contribution in [0.3, 0.4) is 0 Å². The summed E-state index contributed by atoms with van der Waals surface area (Å²) in [4.78, 5) is 25.7. The molecule has 5 nitrogen and oxygen atoms in total. The highest BCUT2D eigenvalue weighted by Gasteiger charge is 2.32. The lowest BCUT2D eigenvalue weighted by molar-refractivity contribution is -0.126. The zero-order chi connectivity index (χ0) is 15.1. The van der Waals surface area contributed by atoms with Crippen LogP contribution in [0.2, 0.25) is 0 Å². The van der Waals surface area contributed by atoms with Crippen molar-refractivity contribution in [1.29, 1.82) is 0 Å². The summed E-state index contributed by atoms with van der Waals surface area (Å²) in [5.41, 5.74) is 0.983. The van der Waals surface area contributed by atoms with Gasteiger partial charge < -0.3 is 10.1 Å². The maximum absolute atomic E-state index is 12.3. The predicted octanol–water partition coefficient (Wildman–Crippen LogP) is 1.19. The lowest BCUT2D eigenvalue weighted by atomic mass is 10.0. The third-order valence-electron chi connectivity index (χ3n) is 3.32. The van der Waals surface area contributed by atoms with E-state index in [1.165, 1.54) is 4.90 Å². The van der Waals surface area contributed by atoms with Gasteiger partial charge in [0.15, 0.2) is 0 Å². The number of nitrogens with zero attached hydrogens (tertiary/aromatic N) is 1. The third-order valence-corrected chi connectivity index (χ3v) is 3.32. The Morgan fingerprint density at radius 1 is 1.43 bits per heavy atom. The molecule has 0 spiro atoms. The summed E-state index contributed by atoms with van der Waals surface area (Å²) in [5, 5.41) is 2.65. The molecule has 110 valence electrons. The molecule has 0 radical (unpaired) electrons. The number of carbonyl (C=O) groups is 2. The van der Waals surface area contributed by atoms with Gasteiger partial charge in [-0.05, 0) is 12.0 Å². The molecule has 0 aromatic heterocycles. The minimum absolute atomic E-state index is 0.146. The molecule has 1 saturated heterocycles. The van der Waals surface area contributed by atoms with Gasteiger partial charge in [0.25, 0.3) is 0 Å². The van der Waals surface area contributed by atoms with Crippen molar-refractivity contribution in [3.8, 4) is 12.3 Å². The van der Waals surface area contributed by atoms with E-state index < -0.39 is 12.1 Å². The van der Waals surface area contributed by atoms with E-state index in [9.17, 15) is 9.59 Å². The van der Waals surface area contributed by atoms with Crippen LogP contribution in [0.5, 0.6) is 0 Å². The van der Waals surface area contributed by atoms with Crippen LogP contribution in [-0.4, -0.2) is 42.6 Å². The smallest absolute Gasteiger partial charge is 0.410 e. The molecule has 1 aromatic carbocycles. The number of carbonyl (C=O) groups excluding carboxylic acids is 2. The molecule has 1 atom stereocenters. The second-order valence-electron chi connectivity index (χ2n) is 4.79. The first-order valence-corrected chi connectivity index (χ1v) is 6.91. The van der Waals surface area contributed by atoms with Crippen molar-refractivity contribution in [1.82, 2.24) is 10.2 Å². The van der Waals surface area contributed by atoms with E-state index in [4.69, 9.17) is 11.2 Å². The molecule has 1 N–H and O–H groups in total. The van der Waals surface area contributed by atoms with E-state index in [0.717, 1.165) is 12.0 Å². The highest BCUT2D eigenvalue weighted by Crippen LogP contribution is 2.14. The largest absolute Gasteiger partial charge is 0.449 e. The fourth-order valence-electron chi connectivity index (χ4n) is 2.29. The van der Waals surface area contributed by atoms with Crippen LogP contribution >= 0.6 is 0 Å². The molecule has 1 unspecified atom stereocenters. The number of cyclic esters (lactones) is 1. The van der Waals surface area contributed by atoms with E-state index >= 15 is 0 Å². The SMILES string of the molecule is C#CCNC(=O)C(Cc1ccccc1)N1CCCOC1=O. The zero-order valence-corrected chi connectivity index (χ0v) is 11.7. The molecule has 0 bridgehead atoms. The molecule has 1 aliphatic heterocycles. The quantitative estimate of drug-likeness (QED) is 0.827. The summed E-state index contributed by atoms with van der Waals surface area (Å²) >= 11 is 0. The number of hydrogen-bond donors (Lipinski definition) is 1. The molecule has 0 aliphatic carbocycles. The average Bonchev–Trinajstić information content (AvgIpc) is 2.52. The van der Waals surface area contributed by atoms with Crippen LogP contribution in [0.1, 0.15) is 12.0 Å². The maximum atomic E-state index is 12.3. The van der Waals surface area contributed by atoms with Gasteiger partial charge in [0.1, 0.15) is 6.04 Å². The van der Waals surface area contributed by atoms with Crippen molar-refractivity contribution < 1.29 is 14.3 Å². The van der Waals surface area contributed by atoms with E-state index in [-0.39, 0.29) is 12.5 Å². The van der Waals surface area contributed by atoms with Gasteiger partial charge in [0.2, 0.25) is 5.91 Å². The molecular weight excluding hydrogens is 268 g/mol. The summed E-state index contributed by atoms with van der Waals surface area (Å²) in [6.45, 7) is 1.06. The highest BCUT2D eigenvalue weighted by molar-refractivity contribution is 5.86. The maximum Gasteiger partial charge on any atom is 0.410 e. The number of ether oxygens (including phenoxy) is 1. The molecule has 1 heterocycles. The Balaban J connectivity index is 2.15. The van der Waals surface area contributed by atoms with Crippen LogP contribution in [0, 0.1) is 12.3 Å². The van der Waals surface area contributed by atoms with Crippen LogP contribution in [-0.2, 0) is 16.0 Å². The molecule has 1 aliphatic rings. The molecule has 2 rings (SSSR count). The van der Waals surface area contributed by atoms with Crippen molar-refractivity contribution in [2.75, 3.05) is 19.7 Å². The topological polar surface area (TPSA) is 58.6 Å². The van der Waals surface area contributed by atoms with E-state index in [1.54, 1.807) is 0 Å². The van der Waals surface area contributed by atoms with Crippen molar-refractivity contribution in [2.45, 2.75) is 18.9 Å². The number of hydrogen-bond acceptors (Lipinski definition) is 3. The first kappa shape index (κ1) is 14.9. The molecule has 2 amide bonds. The molecule has 1 aromatic rings. The Morgan fingerprint density at radius 3 is 2.86 bits per heavy atom. The number of benzene rings is 1. The van der Waals surface area contributed by atoms with E-state index in [1.807, 2.05) is 30.3 Å². The van der Waals surface area contributed by atoms with Crippen LogP contribution in [0.4, 0.5) is 4.79 Å². The van der Waals surface area contributed by atoms with Gasteiger partial charge >= 0.3 is 6.09 Å². The fraction of sp³-hybridized carbons (Fsp3) is 0.375. The standard InChI is InChI=1S/C16H18N2O3/c1-2-9-17-15(19)14(12-13-7-4-3-5-8-13)18-10-6-11-21-16(18)20/h1,3-5,7-8,14H,6,9-12H2,(H,17,19). The second kappa shape index (κ2) is 7.34. The summed E-state index contributed by atoms with van der Waals surface area (Å²) in [7, 11) is 0. The first-order chi connectivity index (χ1) is 10.2. The van der Waals surface area contributed by atoms with Crippen LogP contribution < -0.4 is 5.32 Å². The molecule has 1 fully saturated rings. The number of nitrogens with one attached hydrogen (secondary N) is 1. The molecule has 21 heavy (non-hydrogen) atoms. The Labute approximate surface area is 124 Å². The lowest BCUT2D eigenvalue weighted by Gasteiger charge is -2.33. The summed E-state index contributed by atoms with van der Waals surface area (Å²) in [6.07, 6.45) is 5.88. The van der Waals surface area contributed by atoms with Gasteiger partial charge in [0, 0.05) is 13.0 Å². The van der Waals surface area contributed by atoms with E-state index in [2.05, 4.69) is 11.2 Å². The summed E-state index contributed by atoms with van der Waals surface area (Å²) < 4.78 is 5.03. The first-order valence-electron chi connectivity index (χ1n) is 6.91. The van der Waals surface area contributed by atoms with Gasteiger partial charge in [-0.2, -0.15) is 0 Å². The Hall–Kier alpha value is -2.48. The fourth-order valence-corrected chi connectivity index (χ4v) is 2.29. The molecular formula is C16H18N2O3. The molecule has 5 heteroatoms. The highest BCUT2D eigenvalue weighted by atomic mass is 16.6. The minimum atomic E-state index is -0.603. The lowest BCUT2D eigenvalue weighted by Crippen LogP contribution is -2.53. The zero-order valence-electron chi connectivity index (χ0n) is 11.7. The summed E-state index contributed by atoms with van der Waals surface area (Å²) in [6, 6.07) is 8.97. The summed E-state index contributed by atoms with van der Waals surface area (Å²) in [5.74, 6) is 2.11. The van der Waals surface area contributed by atoms with E-state index in [0.29, 0.717) is 19.6 Å². The monoisotopic (exact) mass is 286 g/mol. The third kappa shape index (κ3) is 3.99.